The highest BCUT2D eigenvalue weighted by Crippen LogP contribution is 2.17. The molecular formula is C5H6N3OS2. The van der Waals surface area contributed by atoms with Gasteiger partial charge in [-0.1, -0.05) is 11.4 Å². The van der Waals surface area contributed by atoms with Crippen molar-refractivity contribution in [1.82, 2.24) is 9.59 Å². The van der Waals surface area contributed by atoms with Gasteiger partial charge in [-0.3, -0.25) is 4.79 Å². The van der Waals surface area contributed by atoms with Crippen molar-refractivity contribution >= 4 is 35.7 Å². The van der Waals surface area contributed by atoms with Crippen LogP contribution in [0.4, 0.5) is 5.82 Å². The molecule has 0 N–H and O–H groups in total. The highest BCUT2D eigenvalue weighted by Gasteiger charge is 2.07. The van der Waals surface area contributed by atoms with Gasteiger partial charge in [-0.15, -0.1) is 5.10 Å². The molecule has 0 aliphatic carbocycles. The van der Waals surface area contributed by atoms with Crippen LogP contribution in [0.3, 0.4) is 0 Å². The summed E-state index contributed by atoms with van der Waals surface area (Å²) in [4.78, 5) is 10.3. The minimum atomic E-state index is 0.553. The van der Waals surface area contributed by atoms with Crippen LogP contribution in [-0.4, -0.2) is 21.7 Å². The van der Waals surface area contributed by atoms with Gasteiger partial charge in [-0.05, 0) is 23.5 Å². The second-order valence-electron chi connectivity index (χ2n) is 1.57. The Hall–Kier alpha value is -0.620. The molecule has 1 aromatic rings. The molecule has 0 unspecified atom stereocenters. The highest BCUT2D eigenvalue weighted by molar-refractivity contribution is 8.01. The molecule has 0 aliphatic heterocycles. The van der Waals surface area contributed by atoms with E-state index in [2.05, 4.69) is 9.59 Å². The molecule has 1 rings (SSSR count). The van der Waals surface area contributed by atoms with Gasteiger partial charge in [0.05, 0.1) is 5.38 Å². The molecule has 1 amide bonds. The van der Waals surface area contributed by atoms with Crippen LogP contribution in [0.2, 0.25) is 0 Å². The first-order valence-corrected chi connectivity index (χ1v) is 4.74. The monoisotopic (exact) mass is 188 g/mol. The second kappa shape index (κ2) is 4.30. The Morgan fingerprint density at radius 2 is 2.73 bits per heavy atom. The fraction of sp³-hybridized carbons (Fsp3) is 0.400. The summed E-state index contributed by atoms with van der Waals surface area (Å²) in [6.07, 6.45) is 1.76. The van der Waals surface area contributed by atoms with E-state index >= 15 is 0 Å². The van der Waals surface area contributed by atoms with E-state index in [1.807, 2.05) is 6.92 Å². The fourth-order valence-corrected chi connectivity index (χ4v) is 1.54. The van der Waals surface area contributed by atoms with E-state index in [1.165, 1.54) is 27.8 Å². The van der Waals surface area contributed by atoms with Crippen LogP contribution < -0.4 is 4.31 Å². The number of aromatic nitrogens is 2. The predicted molar refractivity (Wildman–Crippen MR) is 46.2 cm³/mol. The summed E-state index contributed by atoms with van der Waals surface area (Å²) in [5, 5.41) is 5.42. The molecule has 0 aliphatic rings. The van der Waals surface area contributed by atoms with E-state index in [1.54, 1.807) is 11.8 Å². The van der Waals surface area contributed by atoms with Crippen molar-refractivity contribution in [3.8, 4) is 0 Å². The standard InChI is InChI=1S/C5H6N3OS2/c1-2-11-8(4-9)5-3-10-7-6-5/h3H,2H2,1H3. The van der Waals surface area contributed by atoms with E-state index in [-0.39, 0.29) is 0 Å². The third-order valence-corrected chi connectivity index (χ3v) is 2.17. The molecule has 0 saturated heterocycles. The number of anilines is 1. The Morgan fingerprint density at radius 1 is 1.91 bits per heavy atom. The highest BCUT2D eigenvalue weighted by atomic mass is 32.2. The van der Waals surface area contributed by atoms with Crippen LogP contribution in [0.1, 0.15) is 6.92 Å². The largest absolute Gasteiger partial charge is 0.329 e. The van der Waals surface area contributed by atoms with Crippen LogP contribution in [0, 0.1) is 0 Å². The summed E-state index contributed by atoms with van der Waals surface area (Å²) in [6, 6.07) is 0. The van der Waals surface area contributed by atoms with Crippen molar-refractivity contribution in [2.24, 2.45) is 0 Å². The van der Waals surface area contributed by atoms with E-state index < -0.39 is 0 Å². The maximum Gasteiger partial charge on any atom is 0.329 e. The molecule has 0 saturated carbocycles. The van der Waals surface area contributed by atoms with E-state index in [9.17, 15) is 4.79 Å². The molecule has 0 bridgehead atoms. The molecule has 4 nitrogen and oxygen atoms in total. The van der Waals surface area contributed by atoms with Gasteiger partial charge in [0, 0.05) is 5.75 Å². The van der Waals surface area contributed by atoms with Crippen LogP contribution in [-0.2, 0) is 4.79 Å². The minimum absolute atomic E-state index is 0.553. The normalized spacial score (nSPS) is 9.55. The van der Waals surface area contributed by atoms with E-state index in [0.717, 1.165) is 5.75 Å². The molecule has 59 valence electrons. The first-order valence-electron chi connectivity index (χ1n) is 2.96. The third kappa shape index (κ3) is 2.16. The van der Waals surface area contributed by atoms with Gasteiger partial charge in [0.15, 0.2) is 5.82 Å². The van der Waals surface area contributed by atoms with Gasteiger partial charge < -0.3 is 0 Å². The van der Waals surface area contributed by atoms with Gasteiger partial charge in [0.25, 0.3) is 0 Å². The maximum atomic E-state index is 10.3. The zero-order chi connectivity index (χ0) is 8.10. The predicted octanol–water partition coefficient (Wildman–Crippen LogP) is 1.08. The zero-order valence-electron chi connectivity index (χ0n) is 5.85. The topological polar surface area (TPSA) is 46.1 Å². The Balaban J connectivity index is 2.63. The summed E-state index contributed by atoms with van der Waals surface area (Å²) >= 11 is 2.56. The van der Waals surface area contributed by atoms with Gasteiger partial charge in [0.2, 0.25) is 0 Å². The van der Waals surface area contributed by atoms with Crippen LogP contribution in [0.15, 0.2) is 5.38 Å². The zero-order valence-corrected chi connectivity index (χ0v) is 7.48. The Kier molecular flexibility index (Phi) is 3.31. The Labute approximate surface area is 72.9 Å². The quantitative estimate of drug-likeness (QED) is 0.524. The number of nitrogens with zero attached hydrogens (tertiary/aromatic N) is 3. The first kappa shape index (κ1) is 8.48. The maximum absolute atomic E-state index is 10.3. The molecule has 6 heteroatoms. The van der Waals surface area contributed by atoms with Crippen molar-refractivity contribution in [2.75, 3.05) is 10.1 Å². The van der Waals surface area contributed by atoms with Crippen molar-refractivity contribution in [3.63, 3.8) is 0 Å². The lowest BCUT2D eigenvalue weighted by Crippen LogP contribution is -2.11. The molecule has 0 fully saturated rings. The van der Waals surface area contributed by atoms with Crippen molar-refractivity contribution in [2.45, 2.75) is 6.92 Å². The SMILES string of the molecule is CCSN([C]=O)c1csnn1. The van der Waals surface area contributed by atoms with Crippen molar-refractivity contribution in [3.05, 3.63) is 5.38 Å². The average molecular weight is 188 g/mol. The lowest BCUT2D eigenvalue weighted by atomic mass is 10.8. The lowest BCUT2D eigenvalue weighted by molar-refractivity contribution is 0.558. The average Bonchev–Trinajstić information content (AvgIpc) is 2.52. The molecule has 0 aromatic carbocycles. The van der Waals surface area contributed by atoms with Gasteiger partial charge in [0.1, 0.15) is 0 Å². The summed E-state index contributed by atoms with van der Waals surface area (Å²) in [5.41, 5.74) is 0. The summed E-state index contributed by atoms with van der Waals surface area (Å²) in [5.74, 6) is 1.36. The molecule has 0 spiro atoms. The summed E-state index contributed by atoms with van der Waals surface area (Å²) in [6.45, 7) is 1.95. The number of hydrogen-bond donors (Lipinski definition) is 0. The molecule has 11 heavy (non-hydrogen) atoms. The van der Waals surface area contributed by atoms with Crippen LogP contribution in [0.25, 0.3) is 0 Å². The molecule has 0 atom stereocenters. The molecule has 1 heterocycles. The summed E-state index contributed by atoms with van der Waals surface area (Å²) < 4.78 is 4.97. The second-order valence-corrected chi connectivity index (χ2v) is 3.38. The van der Waals surface area contributed by atoms with Crippen LogP contribution >= 0.6 is 23.5 Å². The Bertz CT molecular complexity index is 214. The number of hydrogen-bond acceptors (Lipinski definition) is 5. The minimum Gasteiger partial charge on any atom is -0.262 e. The van der Waals surface area contributed by atoms with E-state index in [0.29, 0.717) is 5.82 Å². The third-order valence-electron chi connectivity index (χ3n) is 0.898. The Morgan fingerprint density at radius 3 is 3.18 bits per heavy atom. The lowest BCUT2D eigenvalue weighted by Gasteiger charge is -2.07. The molecule has 1 radical (unpaired) electrons. The number of rotatable bonds is 4. The van der Waals surface area contributed by atoms with Crippen molar-refractivity contribution in [1.29, 1.82) is 0 Å². The van der Waals surface area contributed by atoms with Crippen molar-refractivity contribution < 1.29 is 4.79 Å². The molecule has 1 aromatic heterocycles. The molecular weight excluding hydrogens is 182 g/mol. The van der Waals surface area contributed by atoms with Gasteiger partial charge in [-0.25, -0.2) is 4.31 Å². The van der Waals surface area contributed by atoms with E-state index in [4.69, 9.17) is 0 Å². The summed E-state index contributed by atoms with van der Waals surface area (Å²) in [7, 11) is 0. The smallest absolute Gasteiger partial charge is 0.262 e. The van der Waals surface area contributed by atoms with Gasteiger partial charge >= 0.3 is 6.41 Å². The van der Waals surface area contributed by atoms with Gasteiger partial charge in [-0.2, -0.15) is 0 Å². The van der Waals surface area contributed by atoms with Crippen LogP contribution in [0.5, 0.6) is 0 Å². The number of amides is 1. The number of carbonyl (C=O) groups excluding carboxylic acids is 1. The fourth-order valence-electron chi connectivity index (χ4n) is 0.517. The first-order chi connectivity index (χ1) is 5.38.